The Hall–Kier alpha value is -1.02. The quantitative estimate of drug-likeness (QED) is 0.825. The second-order valence-electron chi connectivity index (χ2n) is 4.89. The molecule has 0 aromatic heterocycles. The molecule has 0 aliphatic carbocycles. The van der Waals surface area contributed by atoms with Gasteiger partial charge in [0.05, 0.1) is 0 Å². The van der Waals surface area contributed by atoms with Crippen LogP contribution in [-0.4, -0.2) is 5.11 Å². The van der Waals surface area contributed by atoms with E-state index in [-0.39, 0.29) is 0 Å². The second kappa shape index (κ2) is 5.96. The molecule has 0 fully saturated rings. The molecule has 1 nitrogen and oxygen atoms in total. The van der Waals surface area contributed by atoms with Gasteiger partial charge in [-0.1, -0.05) is 61.3 Å². The van der Waals surface area contributed by atoms with E-state index in [9.17, 15) is 5.11 Å². The van der Waals surface area contributed by atoms with Crippen LogP contribution >= 0.6 is 23.2 Å². The van der Waals surface area contributed by atoms with E-state index in [1.54, 1.807) is 18.2 Å². The largest absolute Gasteiger partial charge is 0.384 e. The lowest BCUT2D eigenvalue weighted by Crippen LogP contribution is -2.01. The molecule has 0 saturated heterocycles. The average Bonchev–Trinajstić information content (AvgIpc) is 2.41. The molecule has 1 atom stereocenters. The van der Waals surface area contributed by atoms with Gasteiger partial charge < -0.3 is 5.11 Å². The monoisotopic (exact) mass is 294 g/mol. The highest BCUT2D eigenvalue weighted by Crippen LogP contribution is 2.31. The van der Waals surface area contributed by atoms with Gasteiger partial charge in [0.1, 0.15) is 6.10 Å². The van der Waals surface area contributed by atoms with Gasteiger partial charge >= 0.3 is 0 Å². The second-order valence-corrected chi connectivity index (χ2v) is 5.73. The van der Waals surface area contributed by atoms with Crippen LogP contribution in [0.4, 0.5) is 0 Å². The lowest BCUT2D eigenvalue weighted by Gasteiger charge is -2.15. The summed E-state index contributed by atoms with van der Waals surface area (Å²) in [7, 11) is 0. The summed E-state index contributed by atoms with van der Waals surface area (Å²) in [5.41, 5.74) is 2.69. The van der Waals surface area contributed by atoms with Crippen LogP contribution in [0, 0.1) is 0 Å². The van der Waals surface area contributed by atoms with Crippen molar-refractivity contribution >= 4 is 23.2 Å². The molecule has 0 bridgehead atoms. The minimum absolute atomic E-state index is 0.473. The van der Waals surface area contributed by atoms with Crippen LogP contribution in [0.25, 0.3) is 0 Å². The van der Waals surface area contributed by atoms with Gasteiger partial charge in [0.15, 0.2) is 0 Å². The Bertz CT molecular complexity index is 561. The zero-order chi connectivity index (χ0) is 14.0. The van der Waals surface area contributed by atoms with Gasteiger partial charge in [-0.2, -0.15) is 0 Å². The van der Waals surface area contributed by atoms with Crippen molar-refractivity contribution in [2.24, 2.45) is 0 Å². The van der Waals surface area contributed by atoms with E-state index >= 15 is 0 Å². The summed E-state index contributed by atoms with van der Waals surface area (Å²) in [6.45, 7) is 4.28. The van der Waals surface area contributed by atoms with Gasteiger partial charge in [0.2, 0.25) is 0 Å². The van der Waals surface area contributed by atoms with E-state index in [0.717, 1.165) is 5.56 Å². The molecule has 2 rings (SSSR count). The molecular formula is C16H16Cl2O. The maximum Gasteiger partial charge on any atom is 0.106 e. The molecule has 2 aromatic carbocycles. The Morgan fingerprint density at radius 2 is 1.47 bits per heavy atom. The molecule has 1 unspecified atom stereocenters. The zero-order valence-electron chi connectivity index (χ0n) is 10.9. The number of aliphatic hydroxyl groups excluding tert-OH is 1. The number of rotatable bonds is 3. The van der Waals surface area contributed by atoms with E-state index in [1.807, 2.05) is 24.3 Å². The van der Waals surface area contributed by atoms with Crippen LogP contribution in [0.2, 0.25) is 10.0 Å². The Labute approximate surface area is 123 Å². The van der Waals surface area contributed by atoms with Gasteiger partial charge in [0, 0.05) is 15.6 Å². The molecule has 19 heavy (non-hydrogen) atoms. The van der Waals surface area contributed by atoms with Gasteiger partial charge in [-0.25, -0.2) is 0 Å². The summed E-state index contributed by atoms with van der Waals surface area (Å²) in [6, 6.07) is 13.0. The number of hydrogen-bond donors (Lipinski definition) is 1. The van der Waals surface area contributed by atoms with Crippen molar-refractivity contribution < 1.29 is 5.11 Å². The van der Waals surface area contributed by atoms with Crippen molar-refractivity contribution in [1.29, 1.82) is 0 Å². The lowest BCUT2D eigenvalue weighted by molar-refractivity contribution is 0.220. The minimum Gasteiger partial charge on any atom is -0.384 e. The fourth-order valence-electron chi connectivity index (χ4n) is 1.97. The van der Waals surface area contributed by atoms with Crippen LogP contribution in [-0.2, 0) is 0 Å². The molecule has 0 saturated carbocycles. The van der Waals surface area contributed by atoms with E-state index in [2.05, 4.69) is 13.8 Å². The first-order chi connectivity index (χ1) is 8.99. The highest BCUT2D eigenvalue weighted by molar-refractivity contribution is 6.33. The molecule has 100 valence electrons. The lowest BCUT2D eigenvalue weighted by atomic mass is 9.97. The fourth-order valence-corrected chi connectivity index (χ4v) is 2.37. The van der Waals surface area contributed by atoms with E-state index < -0.39 is 6.10 Å². The average molecular weight is 295 g/mol. The number of aliphatic hydroxyl groups is 1. The first-order valence-corrected chi connectivity index (χ1v) is 6.97. The summed E-state index contributed by atoms with van der Waals surface area (Å²) in [6.07, 6.45) is -0.757. The third-order valence-electron chi connectivity index (χ3n) is 3.17. The summed E-state index contributed by atoms with van der Waals surface area (Å²) in [5.74, 6) is 0.473. The number of hydrogen-bond acceptors (Lipinski definition) is 1. The summed E-state index contributed by atoms with van der Waals surface area (Å²) in [5, 5.41) is 11.5. The van der Waals surface area contributed by atoms with Gasteiger partial charge in [0.25, 0.3) is 0 Å². The molecule has 0 amide bonds. The molecule has 0 radical (unpaired) electrons. The Morgan fingerprint density at radius 3 is 2.05 bits per heavy atom. The van der Waals surface area contributed by atoms with Crippen molar-refractivity contribution in [3.63, 3.8) is 0 Å². The third-order valence-corrected chi connectivity index (χ3v) is 3.75. The van der Waals surface area contributed by atoms with Crippen LogP contribution in [0.15, 0.2) is 42.5 Å². The van der Waals surface area contributed by atoms with Crippen molar-refractivity contribution in [2.45, 2.75) is 25.9 Å². The first-order valence-electron chi connectivity index (χ1n) is 6.22. The van der Waals surface area contributed by atoms with Gasteiger partial charge in [-0.05, 0) is 35.2 Å². The van der Waals surface area contributed by atoms with Crippen molar-refractivity contribution in [3.05, 3.63) is 69.2 Å². The van der Waals surface area contributed by atoms with Crippen molar-refractivity contribution in [1.82, 2.24) is 0 Å². The fraction of sp³-hybridized carbons (Fsp3) is 0.250. The maximum atomic E-state index is 10.4. The SMILES string of the molecule is CC(C)c1ccc(C(O)c2cc(Cl)ccc2Cl)cc1. The minimum atomic E-state index is -0.757. The molecule has 0 heterocycles. The molecule has 2 aromatic rings. The first kappa shape index (κ1) is 14.4. The third kappa shape index (κ3) is 3.30. The molecule has 0 aliphatic rings. The summed E-state index contributed by atoms with van der Waals surface area (Å²) < 4.78 is 0. The predicted octanol–water partition coefficient (Wildman–Crippen LogP) is 5.20. The van der Waals surface area contributed by atoms with E-state index in [0.29, 0.717) is 21.5 Å². The van der Waals surface area contributed by atoms with Crippen molar-refractivity contribution in [2.75, 3.05) is 0 Å². The molecule has 0 spiro atoms. The molecular weight excluding hydrogens is 279 g/mol. The Kier molecular flexibility index (Phi) is 4.51. The highest BCUT2D eigenvalue weighted by atomic mass is 35.5. The highest BCUT2D eigenvalue weighted by Gasteiger charge is 2.14. The standard InChI is InChI=1S/C16H16Cl2O/c1-10(2)11-3-5-12(6-4-11)16(19)14-9-13(17)7-8-15(14)18/h3-10,16,19H,1-2H3. The van der Waals surface area contributed by atoms with Gasteiger partial charge in [-0.3, -0.25) is 0 Å². The zero-order valence-corrected chi connectivity index (χ0v) is 12.4. The Balaban J connectivity index is 2.33. The number of benzene rings is 2. The van der Waals surface area contributed by atoms with E-state index in [4.69, 9.17) is 23.2 Å². The molecule has 0 aliphatic heterocycles. The molecule has 3 heteroatoms. The van der Waals surface area contributed by atoms with Crippen LogP contribution < -0.4 is 0 Å². The van der Waals surface area contributed by atoms with Gasteiger partial charge in [-0.15, -0.1) is 0 Å². The normalized spacial score (nSPS) is 12.7. The molecule has 1 N–H and O–H groups in total. The van der Waals surface area contributed by atoms with Crippen molar-refractivity contribution in [3.8, 4) is 0 Å². The van der Waals surface area contributed by atoms with Crippen LogP contribution in [0.1, 0.15) is 42.6 Å². The van der Waals surface area contributed by atoms with E-state index in [1.165, 1.54) is 5.56 Å². The summed E-state index contributed by atoms with van der Waals surface area (Å²) in [4.78, 5) is 0. The van der Waals surface area contributed by atoms with Crippen LogP contribution in [0.5, 0.6) is 0 Å². The predicted molar refractivity (Wildman–Crippen MR) is 81.1 cm³/mol. The Morgan fingerprint density at radius 1 is 0.895 bits per heavy atom. The number of halogens is 2. The smallest absolute Gasteiger partial charge is 0.106 e. The van der Waals surface area contributed by atoms with Crippen LogP contribution in [0.3, 0.4) is 0 Å². The summed E-state index contributed by atoms with van der Waals surface area (Å²) >= 11 is 12.0. The maximum absolute atomic E-state index is 10.4. The topological polar surface area (TPSA) is 20.2 Å².